The molecule has 6 nitrogen and oxygen atoms in total. The zero-order chi connectivity index (χ0) is 21.7. The van der Waals surface area contributed by atoms with Gasteiger partial charge in [-0.05, 0) is 63.1 Å². The first-order valence-corrected chi connectivity index (χ1v) is 10.7. The number of nitrogens with zero attached hydrogens (tertiary/aromatic N) is 2. The van der Waals surface area contributed by atoms with Gasteiger partial charge in [0.05, 0.1) is 6.54 Å². The molecule has 0 bridgehead atoms. The minimum atomic E-state index is -0.259. The summed E-state index contributed by atoms with van der Waals surface area (Å²) < 4.78 is 0. The summed E-state index contributed by atoms with van der Waals surface area (Å²) in [5.41, 5.74) is 4.11. The Morgan fingerprint density at radius 1 is 1.00 bits per heavy atom. The lowest BCUT2D eigenvalue weighted by Gasteiger charge is -2.26. The molecule has 0 spiro atoms. The molecule has 3 aromatic rings. The number of nitrogens with one attached hydrogen (secondary N) is 2. The van der Waals surface area contributed by atoms with Crippen LogP contribution in [0.2, 0.25) is 0 Å². The maximum Gasteiger partial charge on any atom is 0.322 e. The van der Waals surface area contributed by atoms with Crippen LogP contribution < -0.4 is 10.6 Å². The SMILES string of the molecule is Cc1ccc(NC(=O)c2csc(CN(C(=O)Nc3ccccc3)C(C)C)n2)cc1C. The Morgan fingerprint density at radius 2 is 1.73 bits per heavy atom. The van der Waals surface area contributed by atoms with Crippen molar-refractivity contribution in [2.24, 2.45) is 0 Å². The third-order valence-corrected chi connectivity index (χ3v) is 5.60. The number of hydrogen-bond acceptors (Lipinski definition) is 4. The Balaban J connectivity index is 1.66. The highest BCUT2D eigenvalue weighted by molar-refractivity contribution is 7.09. The summed E-state index contributed by atoms with van der Waals surface area (Å²) in [6.45, 7) is 8.27. The van der Waals surface area contributed by atoms with Crippen LogP contribution in [0, 0.1) is 13.8 Å². The fourth-order valence-electron chi connectivity index (χ4n) is 2.85. The van der Waals surface area contributed by atoms with Gasteiger partial charge in [-0.15, -0.1) is 11.3 Å². The van der Waals surface area contributed by atoms with Gasteiger partial charge in [0.2, 0.25) is 0 Å². The monoisotopic (exact) mass is 422 g/mol. The lowest BCUT2D eigenvalue weighted by molar-refractivity contribution is 0.102. The normalized spacial score (nSPS) is 10.7. The van der Waals surface area contributed by atoms with E-state index < -0.39 is 0 Å². The summed E-state index contributed by atoms with van der Waals surface area (Å²) in [6, 6.07) is 14.9. The zero-order valence-corrected chi connectivity index (χ0v) is 18.4. The Kier molecular flexibility index (Phi) is 6.84. The van der Waals surface area contributed by atoms with Gasteiger partial charge in [-0.1, -0.05) is 24.3 Å². The second-order valence-corrected chi connectivity index (χ2v) is 8.34. The molecule has 0 atom stereocenters. The smallest absolute Gasteiger partial charge is 0.321 e. The van der Waals surface area contributed by atoms with Crippen LogP contribution in [0.5, 0.6) is 0 Å². The van der Waals surface area contributed by atoms with Crippen molar-refractivity contribution < 1.29 is 9.59 Å². The maximum absolute atomic E-state index is 12.7. The largest absolute Gasteiger partial charge is 0.322 e. The van der Waals surface area contributed by atoms with E-state index in [0.29, 0.717) is 17.2 Å². The number of rotatable bonds is 6. The number of aryl methyl sites for hydroxylation is 2. The quantitative estimate of drug-likeness (QED) is 0.554. The molecule has 1 aromatic heterocycles. The molecule has 3 rings (SSSR count). The van der Waals surface area contributed by atoms with E-state index in [-0.39, 0.29) is 18.0 Å². The molecule has 0 fully saturated rings. The minimum Gasteiger partial charge on any atom is -0.321 e. The van der Waals surface area contributed by atoms with Crippen molar-refractivity contribution in [3.8, 4) is 0 Å². The third kappa shape index (κ3) is 5.45. The van der Waals surface area contributed by atoms with Crippen molar-refractivity contribution in [2.45, 2.75) is 40.3 Å². The van der Waals surface area contributed by atoms with Crippen molar-refractivity contribution >= 4 is 34.6 Å². The Morgan fingerprint density at radius 3 is 2.40 bits per heavy atom. The van der Waals surface area contributed by atoms with Gasteiger partial charge in [0.25, 0.3) is 5.91 Å². The molecule has 0 unspecified atom stereocenters. The average molecular weight is 423 g/mol. The number of carbonyl (C=O) groups is 2. The second kappa shape index (κ2) is 9.54. The topological polar surface area (TPSA) is 74.3 Å². The van der Waals surface area contributed by atoms with Gasteiger partial charge in [0, 0.05) is 22.8 Å². The summed E-state index contributed by atoms with van der Waals surface area (Å²) in [6.07, 6.45) is 0. The molecule has 3 amide bonds. The van der Waals surface area contributed by atoms with E-state index in [0.717, 1.165) is 16.9 Å². The first kappa shape index (κ1) is 21.5. The van der Waals surface area contributed by atoms with Crippen LogP contribution in [-0.4, -0.2) is 27.9 Å². The lowest BCUT2D eigenvalue weighted by atomic mass is 10.1. The van der Waals surface area contributed by atoms with E-state index in [4.69, 9.17) is 0 Å². The standard InChI is InChI=1S/C23H26N4O2S/c1-15(2)27(23(29)25-18-8-6-5-7-9-18)13-21-26-20(14-30-21)22(28)24-19-11-10-16(3)17(4)12-19/h5-12,14-15H,13H2,1-4H3,(H,24,28)(H,25,29). The minimum absolute atomic E-state index is 0.0228. The van der Waals surface area contributed by atoms with Crippen molar-refractivity contribution in [1.82, 2.24) is 9.88 Å². The van der Waals surface area contributed by atoms with Crippen LogP contribution in [0.15, 0.2) is 53.9 Å². The number of para-hydroxylation sites is 1. The van der Waals surface area contributed by atoms with Crippen molar-refractivity contribution in [2.75, 3.05) is 10.6 Å². The van der Waals surface area contributed by atoms with E-state index in [1.807, 2.05) is 76.2 Å². The van der Waals surface area contributed by atoms with Crippen LogP contribution >= 0.6 is 11.3 Å². The van der Waals surface area contributed by atoms with E-state index in [2.05, 4.69) is 15.6 Å². The van der Waals surface area contributed by atoms with Crippen molar-refractivity contribution in [3.63, 3.8) is 0 Å². The number of aromatic nitrogens is 1. The molecule has 0 saturated carbocycles. The molecule has 2 N–H and O–H groups in total. The van der Waals surface area contributed by atoms with Crippen LogP contribution in [0.1, 0.15) is 40.5 Å². The summed E-state index contributed by atoms with van der Waals surface area (Å²) >= 11 is 1.37. The molecular weight excluding hydrogens is 396 g/mol. The van der Waals surface area contributed by atoms with Crippen LogP contribution in [0.4, 0.5) is 16.2 Å². The fraction of sp³-hybridized carbons (Fsp3) is 0.261. The molecular formula is C23H26N4O2S. The predicted octanol–water partition coefficient (Wildman–Crippen LogP) is 5.45. The highest BCUT2D eigenvalue weighted by Crippen LogP contribution is 2.19. The molecule has 0 aliphatic heterocycles. The van der Waals surface area contributed by atoms with Gasteiger partial charge in [-0.3, -0.25) is 4.79 Å². The number of thiazole rings is 1. The van der Waals surface area contributed by atoms with Gasteiger partial charge in [-0.25, -0.2) is 9.78 Å². The third-order valence-electron chi connectivity index (χ3n) is 4.76. The Hall–Kier alpha value is -3.19. The number of anilines is 2. The van der Waals surface area contributed by atoms with E-state index in [9.17, 15) is 9.59 Å². The van der Waals surface area contributed by atoms with Gasteiger partial charge < -0.3 is 15.5 Å². The van der Waals surface area contributed by atoms with Gasteiger partial charge in [-0.2, -0.15) is 0 Å². The molecule has 30 heavy (non-hydrogen) atoms. The molecule has 0 saturated heterocycles. The van der Waals surface area contributed by atoms with Crippen LogP contribution in [0.25, 0.3) is 0 Å². The number of amides is 3. The van der Waals surface area contributed by atoms with E-state index >= 15 is 0 Å². The van der Waals surface area contributed by atoms with E-state index in [1.54, 1.807) is 10.3 Å². The predicted molar refractivity (Wildman–Crippen MR) is 122 cm³/mol. The molecule has 2 aromatic carbocycles. The lowest BCUT2D eigenvalue weighted by Crippen LogP contribution is -2.39. The van der Waals surface area contributed by atoms with Gasteiger partial charge in [0.1, 0.15) is 10.7 Å². The van der Waals surface area contributed by atoms with Crippen molar-refractivity contribution in [1.29, 1.82) is 0 Å². The molecule has 7 heteroatoms. The first-order chi connectivity index (χ1) is 14.3. The van der Waals surface area contributed by atoms with Crippen molar-refractivity contribution in [3.05, 3.63) is 75.7 Å². The molecule has 0 aliphatic rings. The number of urea groups is 1. The van der Waals surface area contributed by atoms with Crippen LogP contribution in [0.3, 0.4) is 0 Å². The number of hydrogen-bond donors (Lipinski definition) is 2. The maximum atomic E-state index is 12.7. The molecule has 156 valence electrons. The average Bonchev–Trinajstić information content (AvgIpc) is 3.18. The summed E-state index contributed by atoms with van der Waals surface area (Å²) in [4.78, 5) is 31.4. The zero-order valence-electron chi connectivity index (χ0n) is 17.6. The first-order valence-electron chi connectivity index (χ1n) is 9.79. The summed E-state index contributed by atoms with van der Waals surface area (Å²) in [5.74, 6) is -0.259. The summed E-state index contributed by atoms with van der Waals surface area (Å²) in [7, 11) is 0. The highest BCUT2D eigenvalue weighted by Gasteiger charge is 2.20. The van der Waals surface area contributed by atoms with E-state index in [1.165, 1.54) is 16.9 Å². The fourth-order valence-corrected chi connectivity index (χ4v) is 3.63. The van der Waals surface area contributed by atoms with Gasteiger partial charge >= 0.3 is 6.03 Å². The molecule has 0 radical (unpaired) electrons. The number of benzene rings is 2. The molecule has 0 aliphatic carbocycles. The van der Waals surface area contributed by atoms with Crippen LogP contribution in [-0.2, 0) is 6.54 Å². The Labute approximate surface area is 181 Å². The van der Waals surface area contributed by atoms with Gasteiger partial charge in [0.15, 0.2) is 0 Å². The highest BCUT2D eigenvalue weighted by atomic mass is 32.1. The second-order valence-electron chi connectivity index (χ2n) is 7.40. The molecule has 1 heterocycles. The summed E-state index contributed by atoms with van der Waals surface area (Å²) in [5, 5.41) is 8.21. The Bertz CT molecular complexity index is 1030. The number of carbonyl (C=O) groups excluding carboxylic acids is 2.